The molecular weight excluding hydrogens is 164 g/mol. The van der Waals surface area contributed by atoms with Gasteiger partial charge in [0, 0.05) is 13.8 Å². The summed E-state index contributed by atoms with van der Waals surface area (Å²) in [6.45, 7) is 3.97. The van der Waals surface area contributed by atoms with Crippen LogP contribution in [0.3, 0.4) is 0 Å². The number of hydrogen-bond acceptors (Lipinski definition) is 2. The average Bonchev–Trinajstić information content (AvgIpc) is 2.27. The van der Waals surface area contributed by atoms with Crippen molar-refractivity contribution in [3.63, 3.8) is 0 Å². The molecule has 0 saturated carbocycles. The van der Waals surface area contributed by atoms with Crippen LogP contribution >= 0.6 is 0 Å². The van der Waals surface area contributed by atoms with Crippen LogP contribution in [0.25, 0.3) is 0 Å². The van der Waals surface area contributed by atoms with Crippen molar-refractivity contribution in [2.75, 3.05) is 0 Å². The second kappa shape index (κ2) is 3.33. The molecule has 0 aromatic rings. The second-order valence-electron chi connectivity index (χ2n) is 4.35. The van der Waals surface area contributed by atoms with E-state index >= 15 is 0 Å². The normalized spacial score (nSPS) is 32.5. The van der Waals surface area contributed by atoms with E-state index in [1.807, 2.05) is 13.8 Å². The Kier molecular flexibility index (Phi) is 2.33. The molecule has 0 spiro atoms. The topological polar surface area (TPSA) is 18.5 Å². The highest BCUT2D eigenvalue weighted by Crippen LogP contribution is 2.35. The standard InChI is InChI=1S/C11H18O2/c1-11(2)12-9-7-5-3-4-6-8-10(9)13-11/h7,10H,3-6,8H2,1-2H3. The van der Waals surface area contributed by atoms with Crippen LogP contribution in [0.2, 0.25) is 0 Å². The summed E-state index contributed by atoms with van der Waals surface area (Å²) in [5, 5.41) is 0. The molecule has 1 heterocycles. The SMILES string of the molecule is CC1(C)OC2=CCCCCCC2O1. The van der Waals surface area contributed by atoms with Gasteiger partial charge in [-0.15, -0.1) is 0 Å². The van der Waals surface area contributed by atoms with Crippen LogP contribution in [0.1, 0.15) is 46.0 Å². The predicted octanol–water partition coefficient (Wildman–Crippen LogP) is 2.99. The molecule has 0 bridgehead atoms. The van der Waals surface area contributed by atoms with Crippen molar-refractivity contribution in [3.8, 4) is 0 Å². The molecule has 1 fully saturated rings. The Morgan fingerprint density at radius 3 is 3.00 bits per heavy atom. The van der Waals surface area contributed by atoms with Crippen LogP contribution in [-0.4, -0.2) is 11.9 Å². The third-order valence-electron chi connectivity index (χ3n) is 2.62. The minimum atomic E-state index is -0.402. The first-order valence-electron chi connectivity index (χ1n) is 5.24. The van der Waals surface area contributed by atoms with E-state index in [0.29, 0.717) is 0 Å². The predicted molar refractivity (Wildman–Crippen MR) is 51.2 cm³/mol. The third kappa shape index (κ3) is 2.05. The lowest BCUT2D eigenvalue weighted by atomic mass is 10.0. The molecule has 0 aromatic heterocycles. The van der Waals surface area contributed by atoms with E-state index in [1.54, 1.807) is 0 Å². The van der Waals surface area contributed by atoms with Gasteiger partial charge in [-0.1, -0.05) is 12.8 Å². The summed E-state index contributed by atoms with van der Waals surface area (Å²) < 4.78 is 11.5. The minimum absolute atomic E-state index is 0.232. The van der Waals surface area contributed by atoms with Gasteiger partial charge in [0.25, 0.3) is 0 Å². The van der Waals surface area contributed by atoms with Crippen molar-refractivity contribution in [1.82, 2.24) is 0 Å². The molecule has 2 rings (SSSR count). The Bertz CT molecular complexity index is 218. The van der Waals surface area contributed by atoms with Crippen LogP contribution in [0, 0.1) is 0 Å². The molecule has 2 nitrogen and oxygen atoms in total. The van der Waals surface area contributed by atoms with E-state index in [2.05, 4.69) is 6.08 Å². The molecule has 0 N–H and O–H groups in total. The van der Waals surface area contributed by atoms with E-state index in [1.165, 1.54) is 19.3 Å². The van der Waals surface area contributed by atoms with Crippen molar-refractivity contribution in [2.24, 2.45) is 0 Å². The Morgan fingerprint density at radius 2 is 2.15 bits per heavy atom. The number of hydrogen-bond donors (Lipinski definition) is 0. The maximum absolute atomic E-state index is 5.80. The van der Waals surface area contributed by atoms with E-state index in [9.17, 15) is 0 Å². The summed E-state index contributed by atoms with van der Waals surface area (Å²) in [5.74, 6) is 0.672. The first-order valence-corrected chi connectivity index (χ1v) is 5.24. The number of ether oxygens (including phenoxy) is 2. The van der Waals surface area contributed by atoms with Gasteiger partial charge >= 0.3 is 0 Å². The third-order valence-corrected chi connectivity index (χ3v) is 2.62. The monoisotopic (exact) mass is 182 g/mol. The maximum Gasteiger partial charge on any atom is 0.205 e. The van der Waals surface area contributed by atoms with Gasteiger partial charge in [0.15, 0.2) is 0 Å². The summed E-state index contributed by atoms with van der Waals surface area (Å²) in [6.07, 6.45) is 8.58. The molecule has 1 aliphatic carbocycles. The van der Waals surface area contributed by atoms with Crippen molar-refractivity contribution in [3.05, 3.63) is 11.8 Å². The zero-order valence-corrected chi connectivity index (χ0v) is 8.51. The van der Waals surface area contributed by atoms with Crippen molar-refractivity contribution in [1.29, 1.82) is 0 Å². The lowest BCUT2D eigenvalue weighted by Crippen LogP contribution is -2.21. The zero-order valence-electron chi connectivity index (χ0n) is 8.51. The van der Waals surface area contributed by atoms with Gasteiger partial charge in [-0.2, -0.15) is 0 Å². The first kappa shape index (κ1) is 9.07. The molecule has 74 valence electrons. The molecule has 1 unspecified atom stereocenters. The second-order valence-corrected chi connectivity index (χ2v) is 4.35. The highest BCUT2D eigenvalue weighted by molar-refractivity contribution is 5.06. The molecule has 2 aliphatic rings. The van der Waals surface area contributed by atoms with E-state index < -0.39 is 5.79 Å². The fourth-order valence-corrected chi connectivity index (χ4v) is 2.04. The summed E-state index contributed by atoms with van der Waals surface area (Å²) in [5.41, 5.74) is 0. The molecule has 0 aromatic carbocycles. The van der Waals surface area contributed by atoms with Gasteiger partial charge in [0.1, 0.15) is 11.9 Å². The molecule has 0 amide bonds. The van der Waals surface area contributed by atoms with E-state index in [-0.39, 0.29) is 6.10 Å². The van der Waals surface area contributed by atoms with Crippen LogP contribution in [-0.2, 0) is 9.47 Å². The summed E-state index contributed by atoms with van der Waals surface area (Å²) >= 11 is 0. The fraction of sp³-hybridized carbons (Fsp3) is 0.818. The molecule has 1 aliphatic heterocycles. The zero-order chi connectivity index (χ0) is 9.31. The van der Waals surface area contributed by atoms with Crippen LogP contribution in [0.4, 0.5) is 0 Å². The lowest BCUT2D eigenvalue weighted by molar-refractivity contribution is -0.133. The van der Waals surface area contributed by atoms with Crippen LogP contribution < -0.4 is 0 Å². The van der Waals surface area contributed by atoms with Crippen molar-refractivity contribution in [2.45, 2.75) is 57.8 Å². The van der Waals surface area contributed by atoms with Gasteiger partial charge in [-0.05, 0) is 25.3 Å². The van der Waals surface area contributed by atoms with Gasteiger partial charge in [0.05, 0.1) is 0 Å². The Morgan fingerprint density at radius 1 is 1.31 bits per heavy atom. The fourth-order valence-electron chi connectivity index (χ4n) is 2.04. The molecular formula is C11H18O2. The number of fused-ring (bicyclic) bond motifs is 1. The highest BCUT2D eigenvalue weighted by Gasteiger charge is 2.37. The molecule has 13 heavy (non-hydrogen) atoms. The van der Waals surface area contributed by atoms with Crippen molar-refractivity contribution >= 4 is 0 Å². The Hall–Kier alpha value is -0.500. The van der Waals surface area contributed by atoms with E-state index in [0.717, 1.165) is 18.6 Å². The molecule has 1 saturated heterocycles. The smallest absolute Gasteiger partial charge is 0.205 e. The maximum atomic E-state index is 5.80. The summed E-state index contributed by atoms with van der Waals surface area (Å²) in [4.78, 5) is 0. The molecule has 2 heteroatoms. The summed E-state index contributed by atoms with van der Waals surface area (Å²) in [7, 11) is 0. The van der Waals surface area contributed by atoms with Gasteiger partial charge in [-0.25, -0.2) is 0 Å². The quantitative estimate of drug-likeness (QED) is 0.573. The van der Waals surface area contributed by atoms with Gasteiger partial charge in [-0.3, -0.25) is 0 Å². The van der Waals surface area contributed by atoms with Gasteiger partial charge < -0.3 is 9.47 Å². The minimum Gasteiger partial charge on any atom is -0.465 e. The van der Waals surface area contributed by atoms with Crippen molar-refractivity contribution < 1.29 is 9.47 Å². The highest BCUT2D eigenvalue weighted by atomic mass is 16.7. The Labute approximate surface area is 79.9 Å². The molecule has 0 radical (unpaired) electrons. The number of allylic oxidation sites excluding steroid dienone is 1. The van der Waals surface area contributed by atoms with Crippen LogP contribution in [0.15, 0.2) is 11.8 Å². The Balaban J connectivity index is 2.11. The average molecular weight is 182 g/mol. The number of rotatable bonds is 0. The first-order chi connectivity index (χ1) is 6.17. The lowest BCUT2D eigenvalue weighted by Gasteiger charge is -2.15. The van der Waals surface area contributed by atoms with E-state index in [4.69, 9.17) is 9.47 Å². The molecule has 1 atom stereocenters. The largest absolute Gasteiger partial charge is 0.465 e. The van der Waals surface area contributed by atoms with Gasteiger partial charge in [0.2, 0.25) is 5.79 Å². The summed E-state index contributed by atoms with van der Waals surface area (Å²) in [6, 6.07) is 0. The van der Waals surface area contributed by atoms with Crippen LogP contribution in [0.5, 0.6) is 0 Å².